The quantitative estimate of drug-likeness (QED) is 0.413. The van der Waals surface area contributed by atoms with Crippen molar-refractivity contribution in [2.75, 3.05) is 40.8 Å². The number of aliphatic hydroxyl groups is 1. The third-order valence-electron chi connectivity index (χ3n) is 1.38. The molecule has 0 aliphatic heterocycles. The summed E-state index contributed by atoms with van der Waals surface area (Å²) in [5.41, 5.74) is 5.15. The lowest BCUT2D eigenvalue weighted by atomic mass is 10.5. The fourth-order valence-electron chi connectivity index (χ4n) is 0.787. The van der Waals surface area contributed by atoms with Gasteiger partial charge in [0.1, 0.15) is 6.61 Å². The van der Waals surface area contributed by atoms with Crippen LogP contribution in [-0.4, -0.2) is 55.9 Å². The van der Waals surface area contributed by atoms with Crippen LogP contribution >= 0.6 is 32.8 Å². The molecule has 1 unspecified atom stereocenters. The van der Waals surface area contributed by atoms with Gasteiger partial charge in [-0.25, -0.2) is 0 Å². The van der Waals surface area contributed by atoms with Gasteiger partial charge in [-0.3, -0.25) is 0 Å². The van der Waals surface area contributed by atoms with Crippen molar-refractivity contribution in [3.05, 3.63) is 0 Å². The van der Waals surface area contributed by atoms with Crippen LogP contribution in [0.4, 0.5) is 0 Å². The van der Waals surface area contributed by atoms with Gasteiger partial charge in [-0.2, -0.15) is 4.52 Å². The lowest BCUT2D eigenvalue weighted by molar-refractivity contribution is -0.861. The third-order valence-corrected chi connectivity index (χ3v) is 2.36. The zero-order valence-electron chi connectivity index (χ0n) is 9.88. The molecule has 0 saturated heterocycles. The molecular formula is C8H22Cl2N2O3P+. The highest BCUT2D eigenvalue weighted by molar-refractivity contribution is 7.46. The molecule has 100 valence electrons. The molecule has 0 aromatic rings. The normalized spacial score (nSPS) is 12.4. The molecule has 0 aromatic heterocycles. The van der Waals surface area contributed by atoms with Gasteiger partial charge >= 0.3 is 5.48 Å². The monoisotopic (exact) mass is 295 g/mol. The highest BCUT2D eigenvalue weighted by atomic mass is 35.5. The molecule has 0 aliphatic carbocycles. The van der Waals surface area contributed by atoms with E-state index in [4.69, 9.17) is 10.3 Å². The van der Waals surface area contributed by atoms with E-state index in [0.29, 0.717) is 30.6 Å². The third kappa shape index (κ3) is 12.6. The molecular weight excluding hydrogens is 274 g/mol. The van der Waals surface area contributed by atoms with Crippen LogP contribution in [0.3, 0.4) is 0 Å². The molecule has 8 heteroatoms. The summed E-state index contributed by atoms with van der Waals surface area (Å²) >= 11 is 0. The maximum atomic E-state index is 11.3. The zero-order chi connectivity index (χ0) is 11.2. The lowest BCUT2D eigenvalue weighted by Crippen LogP contribution is -2.39. The molecule has 0 bridgehead atoms. The predicted molar refractivity (Wildman–Crippen MR) is 70.9 cm³/mol. The highest BCUT2D eigenvalue weighted by Gasteiger charge is 2.18. The van der Waals surface area contributed by atoms with Crippen LogP contribution in [-0.2, 0) is 4.52 Å². The molecule has 0 amide bonds. The summed E-state index contributed by atoms with van der Waals surface area (Å²) in [5, 5.41) is 9.41. The van der Waals surface area contributed by atoms with Gasteiger partial charge in [0, 0.05) is 0 Å². The number of quaternary nitrogens is 1. The minimum Gasteiger partial charge on any atom is -0.601 e. The van der Waals surface area contributed by atoms with E-state index < -0.39 is 8.00 Å². The van der Waals surface area contributed by atoms with Gasteiger partial charge in [0.15, 0.2) is 6.54 Å². The number of nitrogens with two attached hydrogens (primary N) is 1. The van der Waals surface area contributed by atoms with Crippen molar-refractivity contribution in [2.24, 2.45) is 5.73 Å². The van der Waals surface area contributed by atoms with Gasteiger partial charge in [0.05, 0.1) is 21.1 Å². The zero-order valence-corrected chi connectivity index (χ0v) is 12.4. The van der Waals surface area contributed by atoms with Crippen molar-refractivity contribution in [2.45, 2.75) is 6.42 Å². The number of halogens is 2. The first kappa shape index (κ1) is 21.8. The summed E-state index contributed by atoms with van der Waals surface area (Å²) in [6.45, 7) is 1.16. The molecule has 0 saturated carbocycles. The van der Waals surface area contributed by atoms with E-state index in [1.807, 2.05) is 21.1 Å². The van der Waals surface area contributed by atoms with Crippen LogP contribution in [0.25, 0.3) is 0 Å². The second kappa shape index (κ2) is 10.7. The Hall–Kier alpha value is 0.550. The molecule has 1 atom stereocenters. The number of nitrogens with zero attached hydrogens (tertiary/aromatic N) is 1. The average Bonchev–Trinajstić information content (AvgIpc) is 2.01. The standard InChI is InChI=1S/C8H19N2O3P.2ClH/c1-10(2,3)7-8(11)14(12)13-6-4-5-9;;/h4-7,9H2,1-3H3;2*1H/p+1. The Kier molecular flexibility index (Phi) is 14.6. The molecule has 5 nitrogen and oxygen atoms in total. The average molecular weight is 296 g/mol. The van der Waals surface area contributed by atoms with Crippen LogP contribution in [0.1, 0.15) is 6.42 Å². The number of likely N-dealkylation sites (N-methyl/N-ethyl adjacent to an activating group) is 1. The maximum Gasteiger partial charge on any atom is 0.308 e. The van der Waals surface area contributed by atoms with Crippen LogP contribution < -0.4 is 10.6 Å². The number of hydrogen-bond donors (Lipinski definition) is 2. The van der Waals surface area contributed by atoms with Crippen LogP contribution in [0, 0.1) is 0 Å². The lowest BCUT2D eigenvalue weighted by Gasteiger charge is -2.21. The van der Waals surface area contributed by atoms with E-state index in [2.05, 4.69) is 0 Å². The van der Waals surface area contributed by atoms with Crippen molar-refractivity contribution in [3.63, 3.8) is 0 Å². The Labute approximate surface area is 111 Å². The van der Waals surface area contributed by atoms with Crippen molar-refractivity contribution in [1.82, 2.24) is 0 Å². The summed E-state index contributed by atoms with van der Waals surface area (Å²) < 4.78 is 5.44. The van der Waals surface area contributed by atoms with Gasteiger partial charge in [-0.15, -0.1) is 24.8 Å². The Morgan fingerprint density at radius 2 is 1.88 bits per heavy atom. The summed E-state index contributed by atoms with van der Waals surface area (Å²) in [4.78, 5) is 11.3. The number of hydrogen-bond acceptors (Lipinski definition) is 3. The second-order valence-corrected chi connectivity index (χ2v) is 5.39. The molecule has 0 rings (SSSR count). The van der Waals surface area contributed by atoms with Crippen LogP contribution in [0.15, 0.2) is 0 Å². The van der Waals surface area contributed by atoms with Crippen LogP contribution in [0.5, 0.6) is 0 Å². The molecule has 0 spiro atoms. The molecule has 0 aromatic carbocycles. The van der Waals surface area contributed by atoms with E-state index in [-0.39, 0.29) is 30.3 Å². The summed E-state index contributed by atoms with van der Waals surface area (Å²) in [7, 11) is 3.64. The largest absolute Gasteiger partial charge is 0.601 e. The maximum absolute atomic E-state index is 11.3. The fourth-order valence-corrected chi connectivity index (χ4v) is 1.77. The molecule has 16 heavy (non-hydrogen) atoms. The van der Waals surface area contributed by atoms with Crippen molar-refractivity contribution in [1.29, 1.82) is 0 Å². The van der Waals surface area contributed by atoms with Crippen LogP contribution in [0.2, 0.25) is 0 Å². The summed E-state index contributed by atoms with van der Waals surface area (Å²) in [5.74, 6) is 0. The minimum absolute atomic E-state index is 0. The Morgan fingerprint density at radius 3 is 2.25 bits per heavy atom. The summed E-state index contributed by atoms with van der Waals surface area (Å²) in [6, 6.07) is 0. The van der Waals surface area contributed by atoms with Gasteiger partial charge < -0.3 is 20.2 Å². The van der Waals surface area contributed by atoms with E-state index in [9.17, 15) is 10.00 Å². The second-order valence-electron chi connectivity index (χ2n) is 4.10. The van der Waals surface area contributed by atoms with E-state index in [1.54, 1.807) is 0 Å². The summed E-state index contributed by atoms with van der Waals surface area (Å²) in [6.07, 6.45) is 0.652. The first-order chi connectivity index (χ1) is 6.37. The molecule has 0 heterocycles. The van der Waals surface area contributed by atoms with E-state index in [0.717, 1.165) is 0 Å². The Bertz CT molecular complexity index is 210. The van der Waals surface area contributed by atoms with Gasteiger partial charge in [-0.05, 0) is 13.0 Å². The molecule has 0 radical (unpaired) electrons. The molecule has 0 aliphatic rings. The fraction of sp³-hybridized carbons (Fsp3) is 0.875. The smallest absolute Gasteiger partial charge is 0.308 e. The van der Waals surface area contributed by atoms with Crippen molar-refractivity contribution in [3.8, 4) is 0 Å². The Morgan fingerprint density at radius 1 is 1.38 bits per heavy atom. The first-order valence-electron chi connectivity index (χ1n) is 4.52. The number of rotatable bonds is 6. The Balaban J connectivity index is -0.000000845. The van der Waals surface area contributed by atoms with E-state index >= 15 is 0 Å². The van der Waals surface area contributed by atoms with E-state index in [1.165, 1.54) is 0 Å². The van der Waals surface area contributed by atoms with Crippen molar-refractivity contribution < 1.29 is 19.0 Å². The topological polar surface area (TPSA) is 78.5 Å². The van der Waals surface area contributed by atoms with Gasteiger partial charge in [0.25, 0.3) is 8.00 Å². The first-order valence-corrected chi connectivity index (χ1v) is 5.70. The van der Waals surface area contributed by atoms with Gasteiger partial charge in [0.2, 0.25) is 0 Å². The highest BCUT2D eigenvalue weighted by Crippen LogP contribution is 2.15. The SMILES string of the molecule is C[N+](C)(C)C/C(O)=[P+](\[O-])OCCCN.Cl.Cl. The van der Waals surface area contributed by atoms with Crippen molar-refractivity contribution >= 4 is 38.3 Å². The molecule has 3 N–H and O–H groups in total. The van der Waals surface area contributed by atoms with Gasteiger partial charge in [-0.1, -0.05) is 0 Å². The number of aliphatic hydroxyl groups excluding tert-OH is 1. The minimum atomic E-state index is -2.07. The predicted octanol–water partition coefficient (Wildman–Crippen LogP) is 0.0762. The molecule has 0 fully saturated rings.